The van der Waals surface area contributed by atoms with Crippen LogP contribution in [0, 0.1) is 0 Å². The molecule has 0 saturated heterocycles. The number of hydrogen-bond acceptors (Lipinski definition) is 6. The molecule has 0 aromatic heterocycles. The third-order valence-electron chi connectivity index (χ3n) is 1.53. The minimum atomic E-state index is -1.18. The lowest BCUT2D eigenvalue weighted by Gasteiger charge is -2.01. The number of aliphatic carboxylic acids is 2. The molecule has 9 N–H and O–H groups in total. The van der Waals surface area contributed by atoms with E-state index in [4.69, 9.17) is 32.5 Å². The average molecular weight is 251 g/mol. The van der Waals surface area contributed by atoms with E-state index in [0.717, 1.165) is 0 Å². The average Bonchev–Trinajstić information content (AvgIpc) is 2.24. The van der Waals surface area contributed by atoms with E-state index < -0.39 is 36.5 Å². The maximum absolute atomic E-state index is 10.1. The Bertz CT molecular complexity index is 270. The first-order valence-electron chi connectivity index (χ1n) is 4.58. The Morgan fingerprint density at radius 2 is 1.41 bits per heavy atom. The SMILES string of the molecule is NC(=O)CC[C@H](N)C(=O)O.N[C@@H](CO)C(=O)O. The molecule has 9 heteroatoms. The fraction of sp³-hybridized carbons (Fsp3) is 0.625. The molecule has 0 aliphatic carbocycles. The number of carboxylic acid groups (broad SMARTS) is 2. The van der Waals surface area contributed by atoms with Crippen LogP contribution < -0.4 is 17.2 Å². The second-order valence-electron chi connectivity index (χ2n) is 3.08. The van der Waals surface area contributed by atoms with Crippen LogP contribution in [-0.2, 0) is 14.4 Å². The Labute approximate surface area is 97.2 Å². The van der Waals surface area contributed by atoms with Gasteiger partial charge in [-0.15, -0.1) is 0 Å². The molecule has 0 saturated carbocycles. The highest BCUT2D eigenvalue weighted by molar-refractivity contribution is 5.77. The van der Waals surface area contributed by atoms with Crippen LogP contribution in [-0.4, -0.2) is 51.9 Å². The van der Waals surface area contributed by atoms with Crippen LogP contribution in [0.3, 0.4) is 0 Å². The van der Waals surface area contributed by atoms with Crippen molar-refractivity contribution < 1.29 is 29.7 Å². The quantitative estimate of drug-likeness (QED) is 0.288. The van der Waals surface area contributed by atoms with Crippen LogP contribution in [0.1, 0.15) is 12.8 Å². The van der Waals surface area contributed by atoms with Crippen LogP contribution in [0.2, 0.25) is 0 Å². The molecule has 100 valence electrons. The molecule has 0 aromatic rings. The predicted molar refractivity (Wildman–Crippen MR) is 56.7 cm³/mol. The standard InChI is InChI=1S/C5H10N2O3.C3H7NO3/c6-3(5(9)10)1-2-4(7)8;4-2(1-5)3(6)7/h3H,1-2,6H2,(H2,7,8)(H,9,10);2,5H,1,4H2,(H,6,7)/t3-;2-/m00/s1. The summed E-state index contributed by atoms with van der Waals surface area (Å²) in [4.78, 5) is 29.8. The van der Waals surface area contributed by atoms with E-state index in [9.17, 15) is 14.4 Å². The summed E-state index contributed by atoms with van der Waals surface area (Å²) in [7, 11) is 0. The van der Waals surface area contributed by atoms with Crippen molar-refractivity contribution in [1.82, 2.24) is 0 Å². The molecular formula is C8H17N3O6. The Morgan fingerprint density at radius 1 is 1.00 bits per heavy atom. The molecule has 0 spiro atoms. The molecule has 0 rings (SSSR count). The molecule has 9 nitrogen and oxygen atoms in total. The van der Waals surface area contributed by atoms with Crippen molar-refractivity contribution in [3.63, 3.8) is 0 Å². The largest absolute Gasteiger partial charge is 0.480 e. The monoisotopic (exact) mass is 251 g/mol. The van der Waals surface area contributed by atoms with Gasteiger partial charge in [0.05, 0.1) is 6.61 Å². The van der Waals surface area contributed by atoms with E-state index >= 15 is 0 Å². The van der Waals surface area contributed by atoms with Gasteiger partial charge >= 0.3 is 11.9 Å². The Hall–Kier alpha value is -1.71. The van der Waals surface area contributed by atoms with Gasteiger partial charge in [0, 0.05) is 6.42 Å². The number of rotatable bonds is 6. The third-order valence-corrected chi connectivity index (χ3v) is 1.53. The van der Waals surface area contributed by atoms with Crippen molar-refractivity contribution in [2.45, 2.75) is 24.9 Å². The fourth-order valence-corrected chi connectivity index (χ4v) is 0.499. The van der Waals surface area contributed by atoms with Gasteiger partial charge < -0.3 is 32.5 Å². The first kappa shape index (κ1) is 17.7. The molecule has 1 amide bonds. The zero-order chi connectivity index (χ0) is 14.0. The van der Waals surface area contributed by atoms with Gasteiger partial charge in [-0.05, 0) is 6.42 Å². The summed E-state index contributed by atoms with van der Waals surface area (Å²) in [6, 6.07) is -2.10. The third kappa shape index (κ3) is 12.2. The minimum Gasteiger partial charge on any atom is -0.480 e. The molecule has 0 bridgehead atoms. The topological polar surface area (TPSA) is 190 Å². The van der Waals surface area contributed by atoms with Crippen molar-refractivity contribution in [2.24, 2.45) is 17.2 Å². The smallest absolute Gasteiger partial charge is 0.322 e. The number of carbonyl (C=O) groups is 3. The second kappa shape index (κ2) is 9.51. The van der Waals surface area contributed by atoms with E-state index in [1.807, 2.05) is 0 Å². The number of carbonyl (C=O) groups excluding carboxylic acids is 1. The number of aliphatic hydroxyl groups is 1. The van der Waals surface area contributed by atoms with Crippen molar-refractivity contribution in [3.05, 3.63) is 0 Å². The number of aliphatic hydroxyl groups excluding tert-OH is 1. The first-order valence-corrected chi connectivity index (χ1v) is 4.58. The van der Waals surface area contributed by atoms with Gasteiger partial charge in [-0.25, -0.2) is 0 Å². The van der Waals surface area contributed by atoms with Crippen LogP contribution >= 0.6 is 0 Å². The Kier molecular flexibility index (Phi) is 9.89. The summed E-state index contributed by atoms with van der Waals surface area (Å²) < 4.78 is 0. The van der Waals surface area contributed by atoms with Crippen molar-refractivity contribution in [1.29, 1.82) is 0 Å². The van der Waals surface area contributed by atoms with E-state index in [1.165, 1.54) is 0 Å². The Morgan fingerprint density at radius 3 is 1.59 bits per heavy atom. The summed E-state index contributed by atoms with van der Waals surface area (Å²) in [6.07, 6.45) is 0.123. The van der Waals surface area contributed by atoms with Gasteiger partial charge in [0.1, 0.15) is 12.1 Å². The maximum Gasteiger partial charge on any atom is 0.322 e. The van der Waals surface area contributed by atoms with Gasteiger partial charge in [0.2, 0.25) is 5.91 Å². The highest BCUT2D eigenvalue weighted by atomic mass is 16.4. The lowest BCUT2D eigenvalue weighted by molar-refractivity contribution is -0.140. The first-order chi connectivity index (χ1) is 7.72. The number of amides is 1. The summed E-state index contributed by atoms with van der Waals surface area (Å²) in [5.74, 6) is -2.82. The maximum atomic E-state index is 10.1. The lowest BCUT2D eigenvalue weighted by Crippen LogP contribution is -2.33. The molecule has 0 heterocycles. The van der Waals surface area contributed by atoms with E-state index in [0.29, 0.717) is 0 Å². The Balaban J connectivity index is 0. The molecule has 2 atom stereocenters. The van der Waals surface area contributed by atoms with Crippen molar-refractivity contribution >= 4 is 17.8 Å². The predicted octanol–water partition coefficient (Wildman–Crippen LogP) is -2.95. The second-order valence-corrected chi connectivity index (χ2v) is 3.08. The van der Waals surface area contributed by atoms with Gasteiger partial charge in [0.25, 0.3) is 0 Å². The summed E-state index contributed by atoms with van der Waals surface area (Å²) in [5.41, 5.74) is 14.6. The lowest BCUT2D eigenvalue weighted by atomic mass is 10.2. The fourth-order valence-electron chi connectivity index (χ4n) is 0.499. The summed E-state index contributed by atoms with van der Waals surface area (Å²) in [5, 5.41) is 24.1. The minimum absolute atomic E-state index is 0.0213. The van der Waals surface area contributed by atoms with Crippen LogP contribution in [0.25, 0.3) is 0 Å². The molecule has 0 aliphatic rings. The molecule has 0 fully saturated rings. The van der Waals surface area contributed by atoms with Crippen LogP contribution in [0.4, 0.5) is 0 Å². The normalized spacial score (nSPS) is 12.9. The molecule has 0 aliphatic heterocycles. The van der Waals surface area contributed by atoms with Crippen molar-refractivity contribution in [2.75, 3.05) is 6.61 Å². The van der Waals surface area contributed by atoms with E-state index in [2.05, 4.69) is 0 Å². The van der Waals surface area contributed by atoms with Gasteiger partial charge in [0.15, 0.2) is 0 Å². The number of carboxylic acids is 2. The van der Waals surface area contributed by atoms with Gasteiger partial charge in [-0.3, -0.25) is 14.4 Å². The van der Waals surface area contributed by atoms with Crippen LogP contribution in [0.15, 0.2) is 0 Å². The zero-order valence-electron chi connectivity index (χ0n) is 9.07. The zero-order valence-corrected chi connectivity index (χ0v) is 9.07. The molecular weight excluding hydrogens is 234 g/mol. The molecule has 17 heavy (non-hydrogen) atoms. The van der Waals surface area contributed by atoms with Gasteiger partial charge in [-0.1, -0.05) is 0 Å². The summed E-state index contributed by atoms with van der Waals surface area (Å²) >= 11 is 0. The van der Waals surface area contributed by atoms with E-state index in [-0.39, 0.29) is 12.8 Å². The summed E-state index contributed by atoms with van der Waals surface area (Å²) in [6.45, 7) is -0.505. The number of nitrogens with two attached hydrogens (primary N) is 3. The number of primary amides is 1. The van der Waals surface area contributed by atoms with Crippen molar-refractivity contribution in [3.8, 4) is 0 Å². The highest BCUT2D eigenvalue weighted by Gasteiger charge is 2.11. The van der Waals surface area contributed by atoms with Crippen LogP contribution in [0.5, 0.6) is 0 Å². The highest BCUT2D eigenvalue weighted by Crippen LogP contribution is 1.92. The molecule has 0 aromatic carbocycles. The van der Waals surface area contributed by atoms with Gasteiger partial charge in [-0.2, -0.15) is 0 Å². The number of hydrogen-bond donors (Lipinski definition) is 6. The molecule has 0 unspecified atom stereocenters. The molecule has 0 radical (unpaired) electrons. The van der Waals surface area contributed by atoms with E-state index in [1.54, 1.807) is 0 Å².